The maximum Gasteiger partial charge on any atom is 0.124 e. The summed E-state index contributed by atoms with van der Waals surface area (Å²) < 4.78 is 5.34. The molecule has 3 heteroatoms. The van der Waals surface area contributed by atoms with Crippen LogP contribution in [0.25, 0.3) is 0 Å². The second-order valence-corrected chi connectivity index (χ2v) is 4.26. The normalized spacial score (nSPS) is 12.9. The van der Waals surface area contributed by atoms with Crippen LogP contribution in [0, 0.1) is 0 Å². The molecular formula is C12H19NOS. The van der Waals surface area contributed by atoms with Crippen molar-refractivity contribution in [3.63, 3.8) is 0 Å². The number of ether oxygens (including phenoxy) is 1. The van der Waals surface area contributed by atoms with E-state index >= 15 is 0 Å². The molecule has 1 unspecified atom stereocenters. The van der Waals surface area contributed by atoms with Crippen molar-refractivity contribution in [1.82, 2.24) is 4.90 Å². The average molecular weight is 225 g/mol. The van der Waals surface area contributed by atoms with E-state index in [4.69, 9.17) is 4.74 Å². The van der Waals surface area contributed by atoms with Gasteiger partial charge in [-0.25, -0.2) is 0 Å². The molecule has 0 radical (unpaired) electrons. The summed E-state index contributed by atoms with van der Waals surface area (Å²) in [6.45, 7) is 2.15. The van der Waals surface area contributed by atoms with Crippen molar-refractivity contribution >= 4 is 12.6 Å². The van der Waals surface area contributed by atoms with E-state index in [1.807, 2.05) is 20.2 Å². The molecule has 0 heterocycles. The first-order chi connectivity index (χ1) is 7.10. The minimum absolute atomic E-state index is 0.0754. The number of benzene rings is 1. The Hall–Kier alpha value is -0.670. The summed E-state index contributed by atoms with van der Waals surface area (Å²) in [4.78, 5) is 2.06. The summed E-state index contributed by atoms with van der Waals surface area (Å²) in [5.74, 6) is 0.904. The minimum atomic E-state index is 0.0754. The fraction of sp³-hybridized carbons (Fsp3) is 0.500. The van der Waals surface area contributed by atoms with Gasteiger partial charge < -0.3 is 4.74 Å². The van der Waals surface area contributed by atoms with Crippen molar-refractivity contribution < 1.29 is 4.74 Å². The maximum atomic E-state index is 5.34. The lowest BCUT2D eigenvalue weighted by molar-refractivity contribution is 0.366. The number of hydrogen-bond donors (Lipinski definition) is 1. The van der Waals surface area contributed by atoms with Crippen LogP contribution < -0.4 is 4.74 Å². The molecular weight excluding hydrogens is 206 g/mol. The zero-order valence-corrected chi connectivity index (χ0v) is 10.7. The predicted molar refractivity (Wildman–Crippen MR) is 67.8 cm³/mol. The molecule has 2 nitrogen and oxygen atoms in total. The molecule has 1 aromatic rings. The first-order valence-electron chi connectivity index (χ1n) is 5.11. The van der Waals surface area contributed by atoms with Gasteiger partial charge in [0, 0.05) is 5.56 Å². The highest BCUT2D eigenvalue weighted by molar-refractivity contribution is 7.80. The number of methoxy groups -OCH3 is 1. The standard InChI is InChI=1S/C12H19NOS/c1-5-9-6-7-11(14-4)10(8-9)12(15)13(2)3/h6-8,12,15H,5H2,1-4H3. The summed E-state index contributed by atoms with van der Waals surface area (Å²) in [5.41, 5.74) is 2.44. The second-order valence-electron chi connectivity index (χ2n) is 3.77. The van der Waals surface area contributed by atoms with E-state index in [1.54, 1.807) is 7.11 Å². The van der Waals surface area contributed by atoms with Crippen molar-refractivity contribution in [3.8, 4) is 5.75 Å². The van der Waals surface area contributed by atoms with Crippen LogP contribution in [0.2, 0.25) is 0 Å². The molecule has 0 aliphatic carbocycles. The van der Waals surface area contributed by atoms with Gasteiger partial charge in [0.25, 0.3) is 0 Å². The number of nitrogens with zero attached hydrogens (tertiary/aromatic N) is 1. The van der Waals surface area contributed by atoms with Gasteiger partial charge in [0.05, 0.1) is 12.5 Å². The Labute approximate surface area is 97.6 Å². The number of thiol groups is 1. The third-order valence-electron chi connectivity index (χ3n) is 2.47. The highest BCUT2D eigenvalue weighted by Crippen LogP contribution is 2.31. The average Bonchev–Trinajstić information content (AvgIpc) is 2.27. The van der Waals surface area contributed by atoms with Crippen LogP contribution in [0.3, 0.4) is 0 Å². The highest BCUT2D eigenvalue weighted by Gasteiger charge is 2.14. The van der Waals surface area contributed by atoms with E-state index in [0.717, 1.165) is 17.7 Å². The first kappa shape index (κ1) is 12.4. The predicted octanol–water partition coefficient (Wildman–Crippen LogP) is 2.75. The Morgan fingerprint density at radius 1 is 1.40 bits per heavy atom. The number of hydrogen-bond acceptors (Lipinski definition) is 3. The summed E-state index contributed by atoms with van der Waals surface area (Å²) in [5, 5.41) is 0.0754. The van der Waals surface area contributed by atoms with Crippen LogP contribution in [-0.4, -0.2) is 26.1 Å². The molecule has 0 saturated carbocycles. The molecule has 1 rings (SSSR count). The Morgan fingerprint density at radius 2 is 2.07 bits per heavy atom. The second kappa shape index (κ2) is 5.42. The van der Waals surface area contributed by atoms with Crippen molar-refractivity contribution in [1.29, 1.82) is 0 Å². The Kier molecular flexibility index (Phi) is 4.48. The molecule has 0 N–H and O–H groups in total. The quantitative estimate of drug-likeness (QED) is 0.625. The van der Waals surface area contributed by atoms with E-state index in [-0.39, 0.29) is 5.37 Å². The van der Waals surface area contributed by atoms with Crippen LogP contribution in [0.5, 0.6) is 5.75 Å². The lowest BCUT2D eigenvalue weighted by atomic mass is 10.1. The highest BCUT2D eigenvalue weighted by atomic mass is 32.1. The van der Waals surface area contributed by atoms with Gasteiger partial charge in [0.2, 0.25) is 0 Å². The number of aryl methyl sites for hydroxylation is 1. The van der Waals surface area contributed by atoms with Crippen molar-refractivity contribution in [3.05, 3.63) is 29.3 Å². The zero-order chi connectivity index (χ0) is 11.4. The van der Waals surface area contributed by atoms with Crippen LogP contribution in [0.4, 0.5) is 0 Å². The van der Waals surface area contributed by atoms with E-state index < -0.39 is 0 Å². The van der Waals surface area contributed by atoms with E-state index in [1.165, 1.54) is 5.56 Å². The molecule has 0 saturated heterocycles. The van der Waals surface area contributed by atoms with Crippen LogP contribution in [0.1, 0.15) is 23.4 Å². The molecule has 0 amide bonds. The molecule has 0 aliphatic rings. The Bertz CT molecular complexity index is 325. The van der Waals surface area contributed by atoms with Gasteiger partial charge in [0.1, 0.15) is 5.75 Å². The fourth-order valence-corrected chi connectivity index (χ4v) is 1.69. The van der Waals surface area contributed by atoms with Crippen LogP contribution >= 0.6 is 12.6 Å². The molecule has 15 heavy (non-hydrogen) atoms. The van der Waals surface area contributed by atoms with Gasteiger partial charge in [0.15, 0.2) is 0 Å². The minimum Gasteiger partial charge on any atom is -0.496 e. The molecule has 1 aromatic carbocycles. The molecule has 0 bridgehead atoms. The van der Waals surface area contributed by atoms with Crippen molar-refractivity contribution in [2.45, 2.75) is 18.7 Å². The van der Waals surface area contributed by atoms with Gasteiger partial charge >= 0.3 is 0 Å². The number of rotatable bonds is 4. The lowest BCUT2D eigenvalue weighted by Crippen LogP contribution is -2.15. The maximum absolute atomic E-state index is 5.34. The molecule has 0 spiro atoms. The monoisotopic (exact) mass is 225 g/mol. The third-order valence-corrected chi connectivity index (χ3v) is 3.21. The Balaban J connectivity index is 3.11. The topological polar surface area (TPSA) is 12.5 Å². The van der Waals surface area contributed by atoms with Crippen LogP contribution in [-0.2, 0) is 6.42 Å². The molecule has 0 fully saturated rings. The summed E-state index contributed by atoms with van der Waals surface area (Å²) >= 11 is 4.57. The van der Waals surface area contributed by atoms with E-state index in [9.17, 15) is 0 Å². The van der Waals surface area contributed by atoms with E-state index in [2.05, 4.69) is 36.6 Å². The first-order valence-corrected chi connectivity index (χ1v) is 5.63. The van der Waals surface area contributed by atoms with Gasteiger partial charge in [-0.1, -0.05) is 13.0 Å². The lowest BCUT2D eigenvalue weighted by Gasteiger charge is -2.22. The zero-order valence-electron chi connectivity index (χ0n) is 9.82. The summed E-state index contributed by atoms with van der Waals surface area (Å²) in [6, 6.07) is 6.27. The Morgan fingerprint density at radius 3 is 2.53 bits per heavy atom. The van der Waals surface area contributed by atoms with Gasteiger partial charge in [-0.15, -0.1) is 0 Å². The van der Waals surface area contributed by atoms with Crippen molar-refractivity contribution in [2.75, 3.05) is 21.2 Å². The summed E-state index contributed by atoms with van der Waals surface area (Å²) in [7, 11) is 5.71. The molecule has 0 aliphatic heterocycles. The van der Waals surface area contributed by atoms with Gasteiger partial charge in [-0.05, 0) is 38.2 Å². The molecule has 1 atom stereocenters. The molecule has 84 valence electrons. The van der Waals surface area contributed by atoms with Crippen LogP contribution in [0.15, 0.2) is 18.2 Å². The largest absolute Gasteiger partial charge is 0.496 e. The smallest absolute Gasteiger partial charge is 0.124 e. The van der Waals surface area contributed by atoms with Crippen molar-refractivity contribution in [2.24, 2.45) is 0 Å². The SMILES string of the molecule is CCc1ccc(OC)c(C(S)N(C)C)c1. The molecule has 0 aromatic heterocycles. The summed E-state index contributed by atoms with van der Waals surface area (Å²) in [6.07, 6.45) is 1.03. The van der Waals surface area contributed by atoms with Gasteiger partial charge in [-0.2, -0.15) is 12.6 Å². The third kappa shape index (κ3) is 2.89. The van der Waals surface area contributed by atoms with E-state index in [0.29, 0.717) is 0 Å². The fourth-order valence-electron chi connectivity index (χ4n) is 1.48. The van der Waals surface area contributed by atoms with Gasteiger partial charge in [-0.3, -0.25) is 4.90 Å².